The number of aliphatic hydroxyl groups is 11. The van der Waals surface area contributed by atoms with E-state index in [-0.39, 0.29) is 22.7 Å². The number of esters is 1. The molecule has 0 unspecified atom stereocenters. The van der Waals surface area contributed by atoms with Crippen molar-refractivity contribution in [3.63, 3.8) is 0 Å². The van der Waals surface area contributed by atoms with E-state index in [9.17, 15) is 61.0 Å². The Morgan fingerprint density at radius 1 is 0.679 bits per heavy atom. The van der Waals surface area contributed by atoms with Gasteiger partial charge in [0.15, 0.2) is 12.6 Å². The molecule has 0 aromatic heterocycles. The van der Waals surface area contributed by atoms with E-state index >= 15 is 0 Å². The Hall–Kier alpha value is -1.43. The molecule has 7 fully saturated rings. The minimum absolute atomic E-state index is 0.121. The number of fused-ring (bicyclic) bond motifs is 3. The second-order valence-corrected chi connectivity index (χ2v) is 18.0. The minimum atomic E-state index is -1.81. The number of hydrogen-bond donors (Lipinski definition) is 11. The molecule has 1 spiro atoms. The molecule has 4 saturated carbocycles. The predicted molar refractivity (Wildman–Crippen MR) is 186 cm³/mol. The highest BCUT2D eigenvalue weighted by molar-refractivity contribution is 5.77. The lowest BCUT2D eigenvalue weighted by atomic mass is 9.41. The van der Waals surface area contributed by atoms with Crippen molar-refractivity contribution in [1.29, 1.82) is 0 Å². The van der Waals surface area contributed by atoms with Gasteiger partial charge in [0, 0.05) is 0 Å². The molecule has 320 valence electrons. The number of carbonyl (C=O) groups excluding carboxylic acids is 1. The summed E-state index contributed by atoms with van der Waals surface area (Å²) in [6, 6.07) is 0. The third-order valence-electron chi connectivity index (χ3n) is 15.0. The van der Waals surface area contributed by atoms with Crippen LogP contribution in [0.2, 0.25) is 0 Å². The van der Waals surface area contributed by atoms with E-state index in [4.69, 9.17) is 28.4 Å². The normalized spacial score (nSPS) is 54.6. The number of hydrogen-bond acceptors (Lipinski definition) is 18. The van der Waals surface area contributed by atoms with Crippen LogP contribution < -0.4 is 0 Å². The van der Waals surface area contributed by atoms with E-state index in [1.54, 1.807) is 0 Å². The van der Waals surface area contributed by atoms with Crippen molar-refractivity contribution >= 4 is 5.97 Å². The van der Waals surface area contributed by atoms with Gasteiger partial charge in [0.25, 0.3) is 0 Å². The molecule has 7 rings (SSSR count). The molecule has 11 N–H and O–H groups in total. The first kappa shape index (κ1) is 42.7. The highest BCUT2D eigenvalue weighted by atomic mass is 16.8. The molecule has 3 heterocycles. The van der Waals surface area contributed by atoms with Crippen LogP contribution in [0.4, 0.5) is 0 Å². The van der Waals surface area contributed by atoms with Crippen LogP contribution in [-0.2, 0) is 33.2 Å². The zero-order valence-corrected chi connectivity index (χ0v) is 31.8. The van der Waals surface area contributed by atoms with Gasteiger partial charge in [0.1, 0.15) is 73.2 Å². The van der Waals surface area contributed by atoms with E-state index in [2.05, 4.69) is 13.5 Å². The molecule has 0 aromatic rings. The Kier molecular flexibility index (Phi) is 11.9. The van der Waals surface area contributed by atoms with Crippen LogP contribution in [0.1, 0.15) is 71.6 Å². The summed E-state index contributed by atoms with van der Waals surface area (Å²) in [5.41, 5.74) is -1.80. The van der Waals surface area contributed by atoms with Crippen molar-refractivity contribution in [2.75, 3.05) is 19.8 Å². The van der Waals surface area contributed by atoms with E-state index in [1.165, 1.54) is 0 Å². The Labute approximate surface area is 324 Å². The smallest absolute Gasteiger partial charge is 0.314 e. The molecule has 0 radical (unpaired) electrons. The lowest BCUT2D eigenvalue weighted by Gasteiger charge is -2.64. The maximum Gasteiger partial charge on any atom is 0.314 e. The average Bonchev–Trinajstić information content (AvgIpc) is 3.37. The van der Waals surface area contributed by atoms with Crippen LogP contribution in [-0.4, -0.2) is 180 Å². The third kappa shape index (κ3) is 6.69. The van der Waals surface area contributed by atoms with Gasteiger partial charge in [-0.25, -0.2) is 0 Å². The third-order valence-corrected chi connectivity index (χ3v) is 15.0. The van der Waals surface area contributed by atoms with Crippen LogP contribution >= 0.6 is 0 Å². The van der Waals surface area contributed by atoms with Gasteiger partial charge in [-0.3, -0.25) is 4.79 Å². The second-order valence-electron chi connectivity index (χ2n) is 18.0. The van der Waals surface area contributed by atoms with Crippen LogP contribution in [0, 0.1) is 28.1 Å². The number of aliphatic hydroxyl groups excluding tert-OH is 11. The topological polar surface area (TPSA) is 295 Å². The zero-order valence-electron chi connectivity index (χ0n) is 31.8. The molecule has 56 heavy (non-hydrogen) atoms. The molecule has 3 saturated heterocycles. The molecule has 0 aromatic carbocycles. The van der Waals surface area contributed by atoms with Crippen molar-refractivity contribution < 1.29 is 89.4 Å². The van der Waals surface area contributed by atoms with Gasteiger partial charge in [0.2, 0.25) is 6.29 Å². The summed E-state index contributed by atoms with van der Waals surface area (Å²) >= 11 is 0. The summed E-state index contributed by atoms with van der Waals surface area (Å²) in [6.45, 7) is 6.52. The lowest BCUT2D eigenvalue weighted by Crippen LogP contribution is -2.65. The Balaban J connectivity index is 1.10. The Bertz CT molecular complexity index is 1450. The highest BCUT2D eigenvalue weighted by Crippen LogP contribution is 2.73. The molecular formula is C38H60O18. The maximum atomic E-state index is 14.1. The fraction of sp³-hybridized carbons (Fsp3) is 0.921. The molecule has 4 aliphatic carbocycles. The van der Waals surface area contributed by atoms with Crippen molar-refractivity contribution in [2.45, 2.75) is 169 Å². The first-order valence-corrected chi connectivity index (χ1v) is 19.9. The van der Waals surface area contributed by atoms with Gasteiger partial charge >= 0.3 is 5.97 Å². The van der Waals surface area contributed by atoms with E-state index in [1.807, 2.05) is 6.92 Å². The quantitative estimate of drug-likeness (QED) is 0.0631. The SMILES string of the molecule is C=C1C[C@@]23CC[C@@H]4[C@@](C)(CCC[C@@]4(C)C(=O)O[C@@H]4O[C@H](CO)[C@@H](O)[C@H](O)[C@H]4O)[C@@H]2CC[C@]1(O[C@@H]1O[C@H](CO)[C@@H](O)[C@H](O)[C@H]1O[C@@H]1O[C@@H](CO)[C@H](O)[C@@H](O)[C@@H]1O)C3. The van der Waals surface area contributed by atoms with E-state index in [0.717, 1.165) is 18.4 Å². The van der Waals surface area contributed by atoms with Gasteiger partial charge in [0.05, 0.1) is 30.8 Å². The predicted octanol–water partition coefficient (Wildman–Crippen LogP) is -2.94. The summed E-state index contributed by atoms with van der Waals surface area (Å²) in [7, 11) is 0. The summed E-state index contributed by atoms with van der Waals surface area (Å²) in [5, 5.41) is 114. The van der Waals surface area contributed by atoms with Crippen molar-refractivity contribution in [1.82, 2.24) is 0 Å². The molecule has 2 bridgehead atoms. The molecule has 7 aliphatic rings. The van der Waals surface area contributed by atoms with Crippen molar-refractivity contribution in [2.24, 2.45) is 28.1 Å². The van der Waals surface area contributed by atoms with Crippen LogP contribution in [0.5, 0.6) is 0 Å². The van der Waals surface area contributed by atoms with Crippen LogP contribution in [0.15, 0.2) is 12.2 Å². The molecule has 0 amide bonds. The summed E-state index contributed by atoms with van der Waals surface area (Å²) < 4.78 is 35.6. The summed E-state index contributed by atoms with van der Waals surface area (Å²) in [5.74, 6) is -0.591. The standard InChI is InChI=1S/C38H60O18/c1-16-11-37-9-5-20-35(2,7-4-8-36(20,3)34(50)55-32-29(49)26(46)23(43)18(13-40)52-32)21(37)6-10-38(16,15-37)56-33-30(27(47)24(44)19(14-41)53-33)54-31-28(48)25(45)22(42)17(12-39)51-31/h17-33,39-49H,1,4-15H2,2-3H3/t17-,18+,19+,20+,21-,22-,23+,24+,25+,26-,27-,28-,29+,30+,31-,32-,33-,35+,36+,37+,38-/m0/s1. The van der Waals surface area contributed by atoms with Crippen molar-refractivity contribution in [3.05, 3.63) is 12.2 Å². The van der Waals surface area contributed by atoms with Gasteiger partial charge < -0.3 is 84.6 Å². The Morgan fingerprint density at radius 2 is 1.21 bits per heavy atom. The number of carbonyl (C=O) groups is 1. The minimum Gasteiger partial charge on any atom is -0.432 e. The fourth-order valence-electron chi connectivity index (χ4n) is 12.0. The van der Waals surface area contributed by atoms with Crippen molar-refractivity contribution in [3.8, 4) is 0 Å². The molecule has 3 aliphatic heterocycles. The molecular weight excluding hydrogens is 744 g/mol. The summed E-state index contributed by atoms with van der Waals surface area (Å²) in [6.07, 6.45) is -17.8. The van der Waals surface area contributed by atoms with E-state index in [0.29, 0.717) is 44.9 Å². The number of ether oxygens (including phenoxy) is 6. The molecule has 18 nitrogen and oxygen atoms in total. The first-order chi connectivity index (χ1) is 26.4. The molecule has 21 atom stereocenters. The second kappa shape index (κ2) is 15.6. The highest BCUT2D eigenvalue weighted by Gasteiger charge is 2.69. The maximum absolute atomic E-state index is 14.1. The van der Waals surface area contributed by atoms with Gasteiger partial charge in [-0.1, -0.05) is 19.9 Å². The average molecular weight is 805 g/mol. The first-order valence-electron chi connectivity index (χ1n) is 19.9. The zero-order chi connectivity index (χ0) is 40.7. The largest absolute Gasteiger partial charge is 0.432 e. The van der Waals surface area contributed by atoms with Gasteiger partial charge in [-0.05, 0) is 86.5 Å². The lowest BCUT2D eigenvalue weighted by molar-refractivity contribution is -0.378. The monoisotopic (exact) mass is 804 g/mol. The fourth-order valence-corrected chi connectivity index (χ4v) is 12.0. The summed E-state index contributed by atoms with van der Waals surface area (Å²) in [4.78, 5) is 14.1. The van der Waals surface area contributed by atoms with Gasteiger partial charge in [-0.15, -0.1) is 0 Å². The Morgan fingerprint density at radius 3 is 1.82 bits per heavy atom. The van der Waals surface area contributed by atoms with Gasteiger partial charge in [-0.2, -0.15) is 0 Å². The van der Waals surface area contributed by atoms with Crippen LogP contribution in [0.25, 0.3) is 0 Å². The number of rotatable bonds is 9. The van der Waals surface area contributed by atoms with E-state index < -0.39 is 129 Å². The molecule has 18 heteroatoms. The van der Waals surface area contributed by atoms with Crippen LogP contribution in [0.3, 0.4) is 0 Å².